The van der Waals surface area contributed by atoms with Gasteiger partial charge in [-0.3, -0.25) is 4.90 Å². The fraction of sp³-hybridized carbons (Fsp3) is 0.579. The number of hydrogen-bond donors (Lipinski definition) is 1. The van der Waals surface area contributed by atoms with Crippen LogP contribution in [-0.4, -0.2) is 30.6 Å². The second-order valence-corrected chi connectivity index (χ2v) is 6.78. The molecule has 114 valence electrons. The summed E-state index contributed by atoms with van der Waals surface area (Å²) in [5.74, 6) is 1.39. The van der Waals surface area contributed by atoms with Gasteiger partial charge in [0.05, 0.1) is 0 Å². The Morgan fingerprint density at radius 1 is 1.19 bits per heavy atom. The molecule has 1 aliphatic heterocycles. The summed E-state index contributed by atoms with van der Waals surface area (Å²) in [4.78, 5) is 2.68. The molecule has 3 atom stereocenters. The molecule has 3 rings (SSSR count). The van der Waals surface area contributed by atoms with Gasteiger partial charge in [-0.25, -0.2) is 0 Å². The molecule has 21 heavy (non-hydrogen) atoms. The molecule has 2 nitrogen and oxygen atoms in total. The van der Waals surface area contributed by atoms with Crippen molar-refractivity contribution in [3.63, 3.8) is 0 Å². The molecule has 0 amide bonds. The molecule has 1 fully saturated rings. The Morgan fingerprint density at radius 3 is 2.67 bits per heavy atom. The van der Waals surface area contributed by atoms with Crippen LogP contribution in [0.15, 0.2) is 42.0 Å². The van der Waals surface area contributed by atoms with Crippen LogP contribution >= 0.6 is 0 Å². The average Bonchev–Trinajstić information content (AvgIpc) is 2.56. The number of nitrogens with two attached hydrogens (primary N) is 1. The van der Waals surface area contributed by atoms with Crippen molar-refractivity contribution in [3.05, 3.63) is 47.5 Å². The maximum Gasteiger partial charge on any atom is 0.0168 e. The van der Waals surface area contributed by atoms with E-state index in [1.807, 2.05) is 0 Å². The van der Waals surface area contributed by atoms with Crippen molar-refractivity contribution in [2.75, 3.05) is 19.6 Å². The molecule has 0 spiro atoms. The van der Waals surface area contributed by atoms with E-state index in [9.17, 15) is 0 Å². The zero-order chi connectivity index (χ0) is 14.7. The van der Waals surface area contributed by atoms with E-state index < -0.39 is 0 Å². The predicted molar refractivity (Wildman–Crippen MR) is 89.3 cm³/mol. The van der Waals surface area contributed by atoms with Crippen LogP contribution in [0.5, 0.6) is 0 Å². The third-order valence-electron chi connectivity index (χ3n) is 5.47. The Labute approximate surface area is 129 Å². The Kier molecular flexibility index (Phi) is 4.77. The van der Waals surface area contributed by atoms with E-state index in [1.165, 1.54) is 37.8 Å². The summed E-state index contributed by atoms with van der Waals surface area (Å²) in [6.07, 6.45) is 7.48. The Morgan fingerprint density at radius 2 is 2.00 bits per heavy atom. The van der Waals surface area contributed by atoms with Crippen LogP contribution in [0.1, 0.15) is 44.1 Å². The molecule has 0 saturated heterocycles. The van der Waals surface area contributed by atoms with E-state index in [-0.39, 0.29) is 0 Å². The summed E-state index contributed by atoms with van der Waals surface area (Å²) in [7, 11) is 0. The minimum absolute atomic E-state index is 0.665. The number of hydrogen-bond acceptors (Lipinski definition) is 2. The first kappa shape index (κ1) is 14.8. The molecule has 1 heterocycles. The second kappa shape index (κ2) is 6.76. The molecule has 3 unspecified atom stereocenters. The third kappa shape index (κ3) is 3.38. The SMILES string of the molecule is CC1=CCN(C2CC(c3ccccc3)CCC2CN)CC1. The molecule has 1 aliphatic carbocycles. The van der Waals surface area contributed by atoms with Crippen molar-refractivity contribution in [1.82, 2.24) is 4.90 Å². The highest BCUT2D eigenvalue weighted by molar-refractivity contribution is 5.21. The van der Waals surface area contributed by atoms with Gasteiger partial charge < -0.3 is 5.73 Å². The first-order valence-corrected chi connectivity index (χ1v) is 8.42. The first-order valence-electron chi connectivity index (χ1n) is 8.42. The summed E-state index contributed by atoms with van der Waals surface area (Å²) >= 11 is 0. The van der Waals surface area contributed by atoms with Gasteiger partial charge in [0.15, 0.2) is 0 Å². The van der Waals surface area contributed by atoms with Crippen molar-refractivity contribution in [2.45, 2.75) is 44.6 Å². The van der Waals surface area contributed by atoms with Crippen LogP contribution in [-0.2, 0) is 0 Å². The Bertz CT molecular complexity index is 480. The highest BCUT2D eigenvalue weighted by Crippen LogP contribution is 2.38. The lowest BCUT2D eigenvalue weighted by Gasteiger charge is -2.43. The van der Waals surface area contributed by atoms with Crippen LogP contribution in [0.25, 0.3) is 0 Å². The largest absolute Gasteiger partial charge is 0.330 e. The molecular weight excluding hydrogens is 256 g/mol. The average molecular weight is 284 g/mol. The highest BCUT2D eigenvalue weighted by Gasteiger charge is 2.34. The van der Waals surface area contributed by atoms with Gasteiger partial charge in [-0.15, -0.1) is 0 Å². The monoisotopic (exact) mass is 284 g/mol. The summed E-state index contributed by atoms with van der Waals surface area (Å²) in [6.45, 7) is 5.43. The summed E-state index contributed by atoms with van der Waals surface area (Å²) < 4.78 is 0. The van der Waals surface area contributed by atoms with Crippen molar-refractivity contribution in [3.8, 4) is 0 Å². The molecule has 0 bridgehead atoms. The second-order valence-electron chi connectivity index (χ2n) is 6.78. The molecule has 0 aromatic heterocycles. The number of benzene rings is 1. The van der Waals surface area contributed by atoms with E-state index in [0.29, 0.717) is 17.9 Å². The Hall–Kier alpha value is -1.12. The fourth-order valence-corrected chi connectivity index (χ4v) is 4.05. The molecule has 1 aromatic rings. The third-order valence-corrected chi connectivity index (χ3v) is 5.47. The predicted octanol–water partition coefficient (Wildman–Crippen LogP) is 3.55. The van der Waals surface area contributed by atoms with Crippen LogP contribution < -0.4 is 5.73 Å². The van der Waals surface area contributed by atoms with Gasteiger partial charge in [0.1, 0.15) is 0 Å². The molecule has 0 radical (unpaired) electrons. The molecule has 2 N–H and O–H groups in total. The number of rotatable bonds is 3. The maximum atomic E-state index is 6.07. The normalized spacial score (nSPS) is 31.0. The zero-order valence-corrected chi connectivity index (χ0v) is 13.2. The van der Waals surface area contributed by atoms with Gasteiger partial charge in [0.25, 0.3) is 0 Å². The van der Waals surface area contributed by atoms with Crippen molar-refractivity contribution < 1.29 is 0 Å². The zero-order valence-electron chi connectivity index (χ0n) is 13.2. The van der Waals surface area contributed by atoms with E-state index in [2.05, 4.69) is 48.2 Å². The van der Waals surface area contributed by atoms with Gasteiger partial charge in [-0.2, -0.15) is 0 Å². The number of nitrogens with zero attached hydrogens (tertiary/aromatic N) is 1. The minimum atomic E-state index is 0.665. The lowest BCUT2D eigenvalue weighted by atomic mass is 9.74. The molecule has 1 saturated carbocycles. The van der Waals surface area contributed by atoms with Crippen molar-refractivity contribution in [2.24, 2.45) is 11.7 Å². The van der Waals surface area contributed by atoms with Crippen LogP contribution in [0.2, 0.25) is 0 Å². The van der Waals surface area contributed by atoms with E-state index in [0.717, 1.165) is 13.1 Å². The smallest absolute Gasteiger partial charge is 0.0168 e. The van der Waals surface area contributed by atoms with Crippen molar-refractivity contribution in [1.29, 1.82) is 0 Å². The quantitative estimate of drug-likeness (QED) is 0.860. The van der Waals surface area contributed by atoms with E-state index >= 15 is 0 Å². The van der Waals surface area contributed by atoms with Crippen LogP contribution in [0.4, 0.5) is 0 Å². The molecular formula is C19H28N2. The van der Waals surface area contributed by atoms with Gasteiger partial charge in [-0.1, -0.05) is 42.0 Å². The van der Waals surface area contributed by atoms with Crippen LogP contribution in [0, 0.1) is 5.92 Å². The Balaban J connectivity index is 1.73. The summed E-state index contributed by atoms with van der Waals surface area (Å²) in [5.41, 5.74) is 9.13. The fourth-order valence-electron chi connectivity index (χ4n) is 4.05. The van der Waals surface area contributed by atoms with E-state index in [1.54, 1.807) is 5.57 Å². The molecule has 2 aliphatic rings. The van der Waals surface area contributed by atoms with Crippen LogP contribution in [0.3, 0.4) is 0 Å². The minimum Gasteiger partial charge on any atom is -0.330 e. The van der Waals surface area contributed by atoms with Gasteiger partial charge in [0, 0.05) is 19.1 Å². The maximum absolute atomic E-state index is 6.07. The van der Waals surface area contributed by atoms with Gasteiger partial charge in [-0.05, 0) is 56.6 Å². The first-order chi connectivity index (χ1) is 10.3. The lowest BCUT2D eigenvalue weighted by Crippen LogP contribution is -2.48. The lowest BCUT2D eigenvalue weighted by molar-refractivity contribution is 0.105. The standard InChI is InChI=1S/C19H28N2/c1-15-9-11-21(12-10-15)19-13-17(7-8-18(19)14-20)16-5-3-2-4-6-16/h2-6,9,17-19H,7-8,10-14,20H2,1H3. The van der Waals surface area contributed by atoms with Gasteiger partial charge >= 0.3 is 0 Å². The van der Waals surface area contributed by atoms with E-state index in [4.69, 9.17) is 5.73 Å². The van der Waals surface area contributed by atoms with Crippen molar-refractivity contribution >= 4 is 0 Å². The molecule has 1 aromatic carbocycles. The topological polar surface area (TPSA) is 29.3 Å². The molecule has 2 heteroatoms. The highest BCUT2D eigenvalue weighted by atomic mass is 15.2. The summed E-state index contributed by atoms with van der Waals surface area (Å²) in [5, 5.41) is 0. The van der Waals surface area contributed by atoms with Gasteiger partial charge in [0.2, 0.25) is 0 Å². The summed E-state index contributed by atoms with van der Waals surface area (Å²) in [6, 6.07) is 11.7.